The lowest BCUT2D eigenvalue weighted by Crippen LogP contribution is -2.23. The molecule has 0 amide bonds. The summed E-state index contributed by atoms with van der Waals surface area (Å²) in [6.07, 6.45) is 2.24. The Morgan fingerprint density at radius 3 is 3.00 bits per heavy atom. The molecule has 1 aromatic heterocycles. The number of aldehydes is 1. The summed E-state index contributed by atoms with van der Waals surface area (Å²) < 4.78 is 11.2. The first kappa shape index (κ1) is 11.9. The molecule has 94 valence electrons. The third-order valence-corrected chi connectivity index (χ3v) is 3.16. The van der Waals surface area contributed by atoms with E-state index >= 15 is 0 Å². The van der Waals surface area contributed by atoms with Gasteiger partial charge in [-0.05, 0) is 29.2 Å². The molecule has 0 fully saturated rings. The van der Waals surface area contributed by atoms with Crippen molar-refractivity contribution in [2.24, 2.45) is 0 Å². The van der Waals surface area contributed by atoms with E-state index in [1.54, 1.807) is 12.1 Å². The third kappa shape index (κ3) is 2.37. The predicted molar refractivity (Wildman–Crippen MR) is 72.2 cm³/mol. The van der Waals surface area contributed by atoms with Crippen LogP contribution in [0.5, 0.6) is 11.6 Å². The third-order valence-electron chi connectivity index (χ3n) is 3.16. The van der Waals surface area contributed by atoms with E-state index in [0.717, 1.165) is 17.6 Å². The summed E-state index contributed by atoms with van der Waals surface area (Å²) >= 11 is 0. The Morgan fingerprint density at radius 2 is 2.26 bits per heavy atom. The quantitative estimate of drug-likeness (QED) is 0.620. The van der Waals surface area contributed by atoms with Crippen LogP contribution >= 0.6 is 0 Å². The summed E-state index contributed by atoms with van der Waals surface area (Å²) in [5, 5.41) is 0. The highest BCUT2D eigenvalue weighted by Gasteiger charge is 2.23. The van der Waals surface area contributed by atoms with E-state index in [1.807, 2.05) is 25.0 Å². The molecule has 3 rings (SSSR count). The highest BCUT2D eigenvalue weighted by atomic mass is 16.5. The Balaban J connectivity index is 1.81. The Bertz CT molecular complexity index is 613. The molecule has 1 aromatic carbocycles. The van der Waals surface area contributed by atoms with Crippen molar-refractivity contribution in [1.29, 1.82) is 0 Å². The molecule has 2 heterocycles. The molecule has 0 saturated carbocycles. The van der Waals surface area contributed by atoms with E-state index in [0.29, 0.717) is 18.1 Å². The van der Waals surface area contributed by atoms with Gasteiger partial charge in [0.15, 0.2) is 6.29 Å². The molecule has 19 heavy (non-hydrogen) atoms. The molecule has 0 bridgehead atoms. The van der Waals surface area contributed by atoms with E-state index in [4.69, 9.17) is 9.39 Å². The molecule has 5 heteroatoms. The molecule has 0 radical (unpaired) electrons. The van der Waals surface area contributed by atoms with Crippen LogP contribution in [0.4, 0.5) is 0 Å². The number of nitrogens with zero attached hydrogens (tertiary/aromatic N) is 1. The van der Waals surface area contributed by atoms with Crippen molar-refractivity contribution >= 4 is 18.7 Å². The van der Waals surface area contributed by atoms with E-state index in [-0.39, 0.29) is 6.92 Å². The van der Waals surface area contributed by atoms with Crippen molar-refractivity contribution in [3.8, 4) is 11.6 Å². The Kier molecular flexibility index (Phi) is 3.05. The molecule has 0 N–H and O–H groups in total. The Labute approximate surface area is 111 Å². The molecular formula is C14H12BNO3. The van der Waals surface area contributed by atoms with Gasteiger partial charge in [-0.2, -0.15) is 0 Å². The molecule has 0 unspecified atom stereocenters. The normalized spacial score (nSPS) is 13.2. The summed E-state index contributed by atoms with van der Waals surface area (Å²) in [4.78, 5) is 14.6. The molecule has 0 saturated heterocycles. The van der Waals surface area contributed by atoms with Gasteiger partial charge in [0.05, 0.1) is 6.61 Å². The van der Waals surface area contributed by atoms with Crippen molar-refractivity contribution in [2.75, 3.05) is 0 Å². The number of hydrogen-bond acceptors (Lipinski definition) is 4. The van der Waals surface area contributed by atoms with E-state index in [2.05, 4.69) is 4.98 Å². The summed E-state index contributed by atoms with van der Waals surface area (Å²) in [6, 6.07) is 9.24. The van der Waals surface area contributed by atoms with Gasteiger partial charge < -0.3 is 9.39 Å². The monoisotopic (exact) mass is 253 g/mol. The lowest BCUT2D eigenvalue weighted by molar-refractivity contribution is 0.112. The Morgan fingerprint density at radius 1 is 1.37 bits per heavy atom. The molecule has 0 atom stereocenters. The molecule has 0 spiro atoms. The molecule has 1 aliphatic rings. The van der Waals surface area contributed by atoms with Crippen molar-refractivity contribution in [1.82, 2.24) is 4.98 Å². The maximum absolute atomic E-state index is 10.5. The predicted octanol–water partition coefficient (Wildman–Crippen LogP) is 2.04. The summed E-state index contributed by atoms with van der Waals surface area (Å²) in [7, 11) is 0. The summed E-state index contributed by atoms with van der Waals surface area (Å²) in [5.41, 5.74) is 2.88. The minimum absolute atomic E-state index is 0.147. The van der Waals surface area contributed by atoms with E-state index < -0.39 is 0 Å². The number of hydrogen-bond donors (Lipinski definition) is 0. The van der Waals surface area contributed by atoms with Crippen LogP contribution in [-0.4, -0.2) is 18.2 Å². The smallest absolute Gasteiger partial charge is 0.324 e. The standard InChI is InChI=1S/C14H12BNO3/c1-15-13-4-3-12(6-11(13)9-18-15)19-14-5-2-10(8-17)7-16-14/h2-8H,9H2,1H3. The fraction of sp³-hybridized carbons (Fsp3) is 0.143. The minimum atomic E-state index is 0.147. The van der Waals surface area contributed by atoms with Crippen LogP contribution in [0.25, 0.3) is 0 Å². The fourth-order valence-electron chi connectivity index (χ4n) is 2.11. The second kappa shape index (κ2) is 4.86. The van der Waals surface area contributed by atoms with Gasteiger partial charge in [-0.3, -0.25) is 4.79 Å². The second-order valence-electron chi connectivity index (χ2n) is 4.46. The van der Waals surface area contributed by atoms with Crippen LogP contribution in [0.1, 0.15) is 15.9 Å². The first-order valence-electron chi connectivity index (χ1n) is 6.10. The number of ether oxygens (including phenoxy) is 1. The Hall–Kier alpha value is -2.14. The largest absolute Gasteiger partial charge is 0.439 e. The van der Waals surface area contributed by atoms with Crippen molar-refractivity contribution in [2.45, 2.75) is 13.4 Å². The highest BCUT2D eigenvalue weighted by molar-refractivity contribution is 6.67. The average Bonchev–Trinajstić information content (AvgIpc) is 2.81. The van der Waals surface area contributed by atoms with Crippen LogP contribution in [0.15, 0.2) is 36.5 Å². The first-order chi connectivity index (χ1) is 9.26. The number of pyridine rings is 1. The van der Waals surface area contributed by atoms with Crippen LogP contribution in [0.2, 0.25) is 6.82 Å². The van der Waals surface area contributed by atoms with Crippen LogP contribution in [0.3, 0.4) is 0 Å². The molecule has 2 aromatic rings. The molecular weight excluding hydrogens is 241 g/mol. The van der Waals surface area contributed by atoms with Gasteiger partial charge in [-0.15, -0.1) is 0 Å². The number of fused-ring (bicyclic) bond motifs is 1. The average molecular weight is 253 g/mol. The second-order valence-corrected chi connectivity index (χ2v) is 4.46. The van der Waals surface area contributed by atoms with Gasteiger partial charge in [0.25, 0.3) is 0 Å². The number of carbonyl (C=O) groups excluding carboxylic acids is 1. The van der Waals surface area contributed by atoms with Gasteiger partial charge in [-0.1, -0.05) is 12.9 Å². The van der Waals surface area contributed by atoms with Crippen molar-refractivity contribution in [3.05, 3.63) is 47.7 Å². The topological polar surface area (TPSA) is 48.4 Å². The van der Waals surface area contributed by atoms with Gasteiger partial charge in [0.1, 0.15) is 5.75 Å². The zero-order valence-corrected chi connectivity index (χ0v) is 10.5. The first-order valence-corrected chi connectivity index (χ1v) is 6.10. The highest BCUT2D eigenvalue weighted by Crippen LogP contribution is 2.22. The van der Waals surface area contributed by atoms with Crippen molar-refractivity contribution < 1.29 is 14.2 Å². The van der Waals surface area contributed by atoms with E-state index in [9.17, 15) is 4.79 Å². The lowest BCUT2D eigenvalue weighted by Gasteiger charge is -2.06. The maximum atomic E-state index is 10.5. The maximum Gasteiger partial charge on any atom is 0.324 e. The summed E-state index contributed by atoms with van der Waals surface area (Å²) in [5.74, 6) is 1.19. The lowest BCUT2D eigenvalue weighted by atomic mass is 9.64. The number of rotatable bonds is 3. The summed E-state index contributed by atoms with van der Waals surface area (Å²) in [6.45, 7) is 2.80. The van der Waals surface area contributed by atoms with Crippen LogP contribution in [0, 0.1) is 0 Å². The van der Waals surface area contributed by atoms with Gasteiger partial charge in [0.2, 0.25) is 5.88 Å². The fourth-order valence-corrected chi connectivity index (χ4v) is 2.11. The zero-order chi connectivity index (χ0) is 13.2. The van der Waals surface area contributed by atoms with Crippen LogP contribution in [-0.2, 0) is 11.3 Å². The minimum Gasteiger partial charge on any atom is -0.439 e. The van der Waals surface area contributed by atoms with Crippen molar-refractivity contribution in [3.63, 3.8) is 0 Å². The number of benzene rings is 1. The van der Waals surface area contributed by atoms with Crippen LogP contribution < -0.4 is 10.2 Å². The number of aromatic nitrogens is 1. The SMILES string of the molecule is CB1OCc2cc(Oc3ccc(C=O)cn3)ccc21. The number of carbonyl (C=O) groups is 1. The van der Waals surface area contributed by atoms with Gasteiger partial charge in [-0.25, -0.2) is 4.98 Å². The molecule has 0 aliphatic carbocycles. The van der Waals surface area contributed by atoms with Gasteiger partial charge in [0, 0.05) is 17.8 Å². The van der Waals surface area contributed by atoms with Gasteiger partial charge >= 0.3 is 6.92 Å². The zero-order valence-electron chi connectivity index (χ0n) is 10.5. The molecule has 1 aliphatic heterocycles. The molecule has 4 nitrogen and oxygen atoms in total. The van der Waals surface area contributed by atoms with E-state index in [1.165, 1.54) is 11.7 Å².